The molecule has 2 aromatic heterocycles. The van der Waals surface area contributed by atoms with E-state index in [9.17, 15) is 0 Å². The summed E-state index contributed by atoms with van der Waals surface area (Å²) in [5.41, 5.74) is 2.87. The summed E-state index contributed by atoms with van der Waals surface area (Å²) in [5.74, 6) is 0. The van der Waals surface area contributed by atoms with Gasteiger partial charge in [-0.05, 0) is 38.1 Å². The Balaban J connectivity index is 0. The van der Waals surface area contributed by atoms with Crippen LogP contribution in [0, 0.1) is 28.7 Å². The molecule has 0 aliphatic rings. The van der Waals surface area contributed by atoms with Gasteiger partial charge in [0.2, 0.25) is 0 Å². The standard InChI is InChI=1S/C10H10N2.2CH3.Au.ClH/c1-7-3-5-9-6-4-8(2)12-10(9)11-7;;;;/h3-6H,1-2H3;2*1H3;;1H/q;2*-1;+1;/p-1. The molecule has 0 aliphatic carbocycles. The molecule has 0 aromatic carbocycles. The van der Waals surface area contributed by atoms with E-state index in [0.29, 0.717) is 0 Å². The number of fused-ring (bicyclic) bond motifs is 1. The number of hydrogen-bond acceptors (Lipinski definition) is 2. The Bertz CT molecular complexity index is 396. The summed E-state index contributed by atoms with van der Waals surface area (Å²) >= 11 is 1.75. The van der Waals surface area contributed by atoms with Gasteiger partial charge in [0.25, 0.3) is 0 Å². The van der Waals surface area contributed by atoms with Gasteiger partial charge in [-0.3, -0.25) is 0 Å². The second kappa shape index (κ2) is 8.71. The van der Waals surface area contributed by atoms with Gasteiger partial charge in [0.1, 0.15) is 0 Å². The number of rotatable bonds is 0. The van der Waals surface area contributed by atoms with Crippen molar-refractivity contribution in [3.05, 3.63) is 50.5 Å². The Morgan fingerprint density at radius 2 is 1.25 bits per heavy atom. The van der Waals surface area contributed by atoms with Crippen molar-refractivity contribution < 1.29 is 20.0 Å². The molecule has 94 valence electrons. The number of halogens is 1. The van der Waals surface area contributed by atoms with Crippen molar-refractivity contribution in [2.45, 2.75) is 13.8 Å². The summed E-state index contributed by atoms with van der Waals surface area (Å²) in [7, 11) is 4.58. The summed E-state index contributed by atoms with van der Waals surface area (Å²) in [6.45, 7) is 3.95. The normalized spacial score (nSPS) is 8.31. The number of hydrogen-bond donors (Lipinski definition) is 0. The molecule has 0 aliphatic heterocycles. The van der Waals surface area contributed by atoms with Crippen molar-refractivity contribution in [3.63, 3.8) is 0 Å². The predicted molar refractivity (Wildman–Crippen MR) is 67.7 cm³/mol. The van der Waals surface area contributed by atoms with Gasteiger partial charge in [-0.15, -0.1) is 0 Å². The molecular formula is C12H16AuClN2-2. The van der Waals surface area contributed by atoms with Crippen LogP contribution in [0.2, 0.25) is 0 Å². The van der Waals surface area contributed by atoms with Crippen molar-refractivity contribution in [3.8, 4) is 0 Å². The van der Waals surface area contributed by atoms with Crippen LogP contribution in [-0.2, 0) is 20.0 Å². The molecule has 2 aromatic rings. The molecule has 0 N–H and O–H groups in total. The third kappa shape index (κ3) is 4.62. The first kappa shape index (κ1) is 18.0. The fourth-order valence-electron chi connectivity index (χ4n) is 1.19. The Morgan fingerprint density at radius 1 is 0.875 bits per heavy atom. The van der Waals surface area contributed by atoms with Crippen LogP contribution in [0.1, 0.15) is 11.4 Å². The molecule has 0 amide bonds. The van der Waals surface area contributed by atoms with Crippen LogP contribution >= 0.6 is 9.19 Å². The molecule has 0 unspecified atom stereocenters. The Hall–Kier alpha value is -0.410. The first-order chi connectivity index (χ1) is 6.75. The van der Waals surface area contributed by atoms with Crippen LogP contribution in [0.3, 0.4) is 0 Å². The minimum absolute atomic E-state index is 0. The molecule has 0 atom stereocenters. The minimum atomic E-state index is 0. The Labute approximate surface area is 114 Å². The number of aryl methyl sites for hydroxylation is 2. The summed E-state index contributed by atoms with van der Waals surface area (Å²) in [4.78, 5) is 8.65. The quantitative estimate of drug-likeness (QED) is 0.478. The van der Waals surface area contributed by atoms with Crippen LogP contribution in [0.4, 0.5) is 0 Å². The van der Waals surface area contributed by atoms with E-state index >= 15 is 0 Å². The van der Waals surface area contributed by atoms with Crippen LogP contribution in [0.25, 0.3) is 11.0 Å². The molecule has 0 saturated heterocycles. The second-order valence-corrected chi connectivity index (χ2v) is 2.95. The Morgan fingerprint density at radius 3 is 1.62 bits per heavy atom. The molecule has 0 fully saturated rings. The number of pyridine rings is 2. The second-order valence-electron chi connectivity index (χ2n) is 2.95. The summed E-state index contributed by atoms with van der Waals surface area (Å²) in [6.07, 6.45) is 0. The maximum atomic E-state index is 4.58. The Kier molecular flexibility index (Phi) is 9.78. The summed E-state index contributed by atoms with van der Waals surface area (Å²) in [5, 5.41) is 1.10. The van der Waals surface area contributed by atoms with Gasteiger partial charge < -0.3 is 14.9 Å². The van der Waals surface area contributed by atoms with Crippen LogP contribution in [-0.4, -0.2) is 9.97 Å². The van der Waals surface area contributed by atoms with Crippen molar-refractivity contribution in [2.24, 2.45) is 0 Å². The monoisotopic (exact) mass is 420 g/mol. The topological polar surface area (TPSA) is 25.8 Å². The zero-order chi connectivity index (χ0) is 10.6. The summed E-state index contributed by atoms with van der Waals surface area (Å²) in [6, 6.07) is 8.09. The van der Waals surface area contributed by atoms with Gasteiger partial charge in [0.15, 0.2) is 5.65 Å². The van der Waals surface area contributed by atoms with Crippen LogP contribution in [0.15, 0.2) is 24.3 Å². The van der Waals surface area contributed by atoms with Crippen LogP contribution in [0.5, 0.6) is 0 Å². The van der Waals surface area contributed by atoms with E-state index in [2.05, 4.69) is 19.2 Å². The molecule has 2 heterocycles. The average molecular weight is 421 g/mol. The van der Waals surface area contributed by atoms with Gasteiger partial charge in [-0.1, -0.05) is 0 Å². The summed E-state index contributed by atoms with van der Waals surface area (Å²) < 4.78 is 0. The zero-order valence-electron chi connectivity index (χ0n) is 9.88. The third-order valence-corrected chi connectivity index (χ3v) is 1.83. The first-order valence-corrected chi connectivity index (χ1v) is 6.76. The van der Waals surface area contributed by atoms with Gasteiger partial charge in [-0.2, -0.15) is 0 Å². The van der Waals surface area contributed by atoms with Gasteiger partial charge >= 0.3 is 29.2 Å². The van der Waals surface area contributed by atoms with E-state index in [1.165, 1.54) is 0 Å². The zero-order valence-corrected chi connectivity index (χ0v) is 12.8. The van der Waals surface area contributed by atoms with Crippen LogP contribution < -0.4 is 0 Å². The van der Waals surface area contributed by atoms with E-state index < -0.39 is 0 Å². The van der Waals surface area contributed by atoms with Gasteiger partial charge in [0.05, 0.1) is 0 Å². The van der Waals surface area contributed by atoms with Crippen molar-refractivity contribution >= 4 is 20.2 Å². The SMILES string of the molecule is Cc1ccc2ccc(C)nc2n1.[CH3-].[CH3-].[Cl][Au]. The van der Waals surface area contributed by atoms with E-state index in [1.807, 2.05) is 38.1 Å². The van der Waals surface area contributed by atoms with Crippen molar-refractivity contribution in [1.82, 2.24) is 9.97 Å². The van der Waals surface area contributed by atoms with Gasteiger partial charge in [0, 0.05) is 16.8 Å². The predicted octanol–water partition coefficient (Wildman–Crippen LogP) is 3.83. The van der Waals surface area contributed by atoms with Gasteiger partial charge in [-0.25, -0.2) is 9.97 Å². The molecule has 2 rings (SSSR count). The maximum absolute atomic E-state index is 4.58. The molecule has 0 radical (unpaired) electrons. The molecule has 2 nitrogen and oxygen atoms in total. The fraction of sp³-hybridized carbons (Fsp3) is 0.167. The number of nitrogens with zero attached hydrogens (tertiary/aromatic N) is 2. The van der Waals surface area contributed by atoms with E-state index in [-0.39, 0.29) is 14.9 Å². The molecule has 4 heteroatoms. The number of aromatic nitrogens is 2. The molecule has 16 heavy (non-hydrogen) atoms. The molecule has 0 bridgehead atoms. The van der Waals surface area contributed by atoms with Crippen molar-refractivity contribution in [2.75, 3.05) is 0 Å². The van der Waals surface area contributed by atoms with E-state index in [0.717, 1.165) is 22.4 Å². The molecule has 0 saturated carbocycles. The van der Waals surface area contributed by atoms with E-state index in [4.69, 9.17) is 0 Å². The fourth-order valence-corrected chi connectivity index (χ4v) is 1.19. The average Bonchev–Trinajstić information content (AvgIpc) is 2.20. The molecular weight excluding hydrogens is 405 g/mol. The third-order valence-electron chi connectivity index (χ3n) is 1.83. The first-order valence-electron chi connectivity index (χ1n) is 4.08. The van der Waals surface area contributed by atoms with Crippen molar-refractivity contribution in [1.29, 1.82) is 0 Å². The molecule has 0 spiro atoms. The van der Waals surface area contributed by atoms with E-state index in [1.54, 1.807) is 20.0 Å².